The average molecular weight is 193 g/mol. The van der Waals surface area contributed by atoms with Gasteiger partial charge in [0.15, 0.2) is 6.29 Å². The molecule has 0 atom stereocenters. The lowest BCUT2D eigenvalue weighted by Gasteiger charge is -2.11. The van der Waals surface area contributed by atoms with Crippen LogP contribution in [0.1, 0.15) is 24.2 Å². The van der Waals surface area contributed by atoms with Gasteiger partial charge in [0.25, 0.3) is 0 Å². The Balaban J connectivity index is 3.04. The van der Waals surface area contributed by atoms with E-state index in [1.807, 2.05) is 13.8 Å². The van der Waals surface area contributed by atoms with Crippen molar-refractivity contribution in [3.63, 3.8) is 0 Å². The normalized spacial score (nSPS) is 9.93. The number of carbonyl (C=O) groups is 1. The van der Waals surface area contributed by atoms with Crippen molar-refractivity contribution in [3.05, 3.63) is 28.7 Å². The van der Waals surface area contributed by atoms with Crippen molar-refractivity contribution < 1.29 is 9.53 Å². The highest BCUT2D eigenvalue weighted by molar-refractivity contribution is 5.81. The number of nitroso groups, excluding NO2 is 1. The minimum atomic E-state index is -0.0104. The second-order valence-corrected chi connectivity index (χ2v) is 3.10. The van der Waals surface area contributed by atoms with Gasteiger partial charge in [-0.15, -0.1) is 4.91 Å². The Bertz CT molecular complexity index is 347. The predicted molar refractivity (Wildman–Crippen MR) is 53.0 cm³/mol. The first kappa shape index (κ1) is 10.4. The zero-order chi connectivity index (χ0) is 10.6. The minimum Gasteiger partial charge on any atom is -0.490 e. The first-order valence-electron chi connectivity index (χ1n) is 4.26. The molecule has 0 N–H and O–H groups in total. The van der Waals surface area contributed by atoms with E-state index in [1.54, 1.807) is 6.07 Å². The van der Waals surface area contributed by atoms with E-state index in [0.29, 0.717) is 17.6 Å². The number of benzene rings is 1. The number of aldehydes is 1. The fraction of sp³-hybridized carbons (Fsp3) is 0.300. The summed E-state index contributed by atoms with van der Waals surface area (Å²) in [5.41, 5.74) is 0.569. The fourth-order valence-corrected chi connectivity index (χ4v) is 1.05. The summed E-state index contributed by atoms with van der Waals surface area (Å²) in [4.78, 5) is 20.9. The average Bonchev–Trinajstić information content (AvgIpc) is 2.17. The van der Waals surface area contributed by atoms with Crippen molar-refractivity contribution in [3.8, 4) is 5.75 Å². The van der Waals surface area contributed by atoms with Crippen LogP contribution in [0.25, 0.3) is 0 Å². The summed E-state index contributed by atoms with van der Waals surface area (Å²) in [6.45, 7) is 3.72. The Hall–Kier alpha value is -1.71. The topological polar surface area (TPSA) is 55.7 Å². The van der Waals surface area contributed by atoms with E-state index in [2.05, 4.69) is 5.18 Å². The van der Waals surface area contributed by atoms with Crippen LogP contribution in [0.15, 0.2) is 23.4 Å². The number of nitrogens with zero attached hydrogens (tertiary/aromatic N) is 1. The maximum atomic E-state index is 10.7. The molecule has 0 fully saturated rings. The molecule has 1 aromatic carbocycles. The van der Waals surface area contributed by atoms with Gasteiger partial charge in [-0.1, -0.05) is 0 Å². The van der Waals surface area contributed by atoms with Crippen LogP contribution in [0.2, 0.25) is 0 Å². The molecule has 0 spiro atoms. The Kier molecular flexibility index (Phi) is 3.34. The maximum Gasteiger partial charge on any atom is 0.153 e. The molecular formula is C10H11NO3. The summed E-state index contributed by atoms with van der Waals surface area (Å²) in [7, 11) is 0. The monoisotopic (exact) mass is 193 g/mol. The SMILES string of the molecule is CC(C)Oc1ccc(N=O)cc1C=O. The van der Waals surface area contributed by atoms with Crippen molar-refractivity contribution in [1.82, 2.24) is 0 Å². The van der Waals surface area contributed by atoms with Gasteiger partial charge in [0, 0.05) is 0 Å². The third-order valence-corrected chi connectivity index (χ3v) is 1.59. The molecule has 0 radical (unpaired) electrons. The molecule has 0 aromatic heterocycles. The molecule has 0 aliphatic rings. The van der Waals surface area contributed by atoms with E-state index >= 15 is 0 Å². The third kappa shape index (κ3) is 2.39. The molecule has 14 heavy (non-hydrogen) atoms. The third-order valence-electron chi connectivity index (χ3n) is 1.59. The van der Waals surface area contributed by atoms with Gasteiger partial charge in [-0.25, -0.2) is 0 Å². The second-order valence-electron chi connectivity index (χ2n) is 3.10. The van der Waals surface area contributed by atoms with E-state index < -0.39 is 0 Å². The molecule has 0 aliphatic carbocycles. The molecule has 0 amide bonds. The highest BCUT2D eigenvalue weighted by atomic mass is 16.5. The highest BCUT2D eigenvalue weighted by Gasteiger charge is 2.06. The smallest absolute Gasteiger partial charge is 0.153 e. The van der Waals surface area contributed by atoms with Crippen molar-refractivity contribution in [1.29, 1.82) is 0 Å². The summed E-state index contributed by atoms with van der Waals surface area (Å²) < 4.78 is 5.36. The molecule has 1 aromatic rings. The first-order chi connectivity index (χ1) is 6.67. The van der Waals surface area contributed by atoms with Crippen molar-refractivity contribution in [2.24, 2.45) is 5.18 Å². The van der Waals surface area contributed by atoms with E-state index in [1.165, 1.54) is 12.1 Å². The Morgan fingerprint density at radius 3 is 2.64 bits per heavy atom. The van der Waals surface area contributed by atoms with Crippen molar-refractivity contribution in [2.75, 3.05) is 0 Å². The molecule has 74 valence electrons. The molecule has 0 unspecified atom stereocenters. The zero-order valence-corrected chi connectivity index (χ0v) is 8.06. The fourth-order valence-electron chi connectivity index (χ4n) is 1.05. The summed E-state index contributed by atoms with van der Waals surface area (Å²) >= 11 is 0. The molecule has 0 saturated carbocycles. The summed E-state index contributed by atoms with van der Waals surface area (Å²) in [6, 6.07) is 4.48. The van der Waals surface area contributed by atoms with Gasteiger partial charge in [0.2, 0.25) is 0 Å². The standard InChI is InChI=1S/C10H11NO3/c1-7(2)14-10-4-3-9(11-13)5-8(10)6-12/h3-7H,1-2H3. The molecule has 4 nitrogen and oxygen atoms in total. The maximum absolute atomic E-state index is 10.7. The lowest BCUT2D eigenvalue weighted by molar-refractivity contribution is 0.111. The molecule has 0 heterocycles. The quantitative estimate of drug-likeness (QED) is 0.545. The summed E-state index contributed by atoms with van der Waals surface area (Å²) in [6.07, 6.45) is 0.635. The largest absolute Gasteiger partial charge is 0.490 e. The van der Waals surface area contributed by atoms with Crippen LogP contribution < -0.4 is 4.74 Å². The zero-order valence-electron chi connectivity index (χ0n) is 8.06. The van der Waals surface area contributed by atoms with Crippen LogP contribution in [0.4, 0.5) is 5.69 Å². The number of hydrogen-bond acceptors (Lipinski definition) is 4. The Morgan fingerprint density at radius 2 is 2.14 bits per heavy atom. The summed E-state index contributed by atoms with van der Waals surface area (Å²) in [5, 5.41) is 2.73. The lowest BCUT2D eigenvalue weighted by Crippen LogP contribution is -2.07. The summed E-state index contributed by atoms with van der Waals surface area (Å²) in [5.74, 6) is 0.474. The van der Waals surface area contributed by atoms with Crippen LogP contribution in [0.3, 0.4) is 0 Å². The number of hydrogen-bond donors (Lipinski definition) is 0. The van der Waals surface area contributed by atoms with E-state index in [9.17, 15) is 9.70 Å². The highest BCUT2D eigenvalue weighted by Crippen LogP contribution is 2.23. The Morgan fingerprint density at radius 1 is 1.43 bits per heavy atom. The van der Waals surface area contributed by atoms with Gasteiger partial charge in [-0.3, -0.25) is 4.79 Å². The number of ether oxygens (including phenoxy) is 1. The van der Waals surface area contributed by atoms with E-state index in [0.717, 1.165) is 0 Å². The van der Waals surface area contributed by atoms with Crippen LogP contribution >= 0.6 is 0 Å². The van der Waals surface area contributed by atoms with Crippen LogP contribution in [-0.4, -0.2) is 12.4 Å². The van der Waals surface area contributed by atoms with Crippen LogP contribution in [-0.2, 0) is 0 Å². The lowest BCUT2D eigenvalue weighted by atomic mass is 10.2. The van der Waals surface area contributed by atoms with Gasteiger partial charge in [-0.2, -0.15) is 0 Å². The predicted octanol–water partition coefficient (Wildman–Crippen LogP) is 2.68. The van der Waals surface area contributed by atoms with E-state index in [4.69, 9.17) is 4.74 Å². The van der Waals surface area contributed by atoms with Gasteiger partial charge in [0.1, 0.15) is 11.4 Å². The second kappa shape index (κ2) is 4.50. The molecular weight excluding hydrogens is 182 g/mol. The molecule has 1 rings (SSSR count). The molecule has 0 saturated heterocycles. The van der Waals surface area contributed by atoms with Gasteiger partial charge >= 0.3 is 0 Å². The molecule has 0 bridgehead atoms. The number of carbonyl (C=O) groups excluding carboxylic acids is 1. The van der Waals surface area contributed by atoms with Crippen molar-refractivity contribution in [2.45, 2.75) is 20.0 Å². The Labute approximate surface area is 81.9 Å². The van der Waals surface area contributed by atoms with Crippen LogP contribution in [0, 0.1) is 4.91 Å². The van der Waals surface area contributed by atoms with Gasteiger partial charge < -0.3 is 4.74 Å². The van der Waals surface area contributed by atoms with Gasteiger partial charge in [-0.05, 0) is 37.2 Å². The number of rotatable bonds is 4. The van der Waals surface area contributed by atoms with E-state index in [-0.39, 0.29) is 11.8 Å². The first-order valence-corrected chi connectivity index (χ1v) is 4.26. The van der Waals surface area contributed by atoms with Crippen molar-refractivity contribution >= 4 is 12.0 Å². The van der Waals surface area contributed by atoms with Gasteiger partial charge in [0.05, 0.1) is 11.7 Å². The minimum absolute atomic E-state index is 0.0104. The molecule has 4 heteroatoms. The molecule has 0 aliphatic heterocycles. The van der Waals surface area contributed by atoms with Crippen LogP contribution in [0.5, 0.6) is 5.75 Å².